The van der Waals surface area contributed by atoms with Gasteiger partial charge in [-0.3, -0.25) is 4.90 Å². The Kier molecular flexibility index (Phi) is 3.74. The van der Waals surface area contributed by atoms with Gasteiger partial charge in [0.25, 0.3) is 0 Å². The zero-order valence-electron chi connectivity index (χ0n) is 9.56. The van der Waals surface area contributed by atoms with Crippen molar-refractivity contribution in [2.24, 2.45) is 0 Å². The van der Waals surface area contributed by atoms with Crippen molar-refractivity contribution in [2.75, 3.05) is 20.1 Å². The third-order valence-electron chi connectivity index (χ3n) is 3.31. The largest absolute Gasteiger partial charge is 0.316 e. The van der Waals surface area contributed by atoms with Crippen LogP contribution in [0.4, 0.5) is 0 Å². The van der Waals surface area contributed by atoms with E-state index in [0.29, 0.717) is 5.54 Å². The average molecular weight is 184 g/mol. The van der Waals surface area contributed by atoms with Crippen molar-refractivity contribution < 1.29 is 0 Å². The van der Waals surface area contributed by atoms with E-state index in [1.807, 2.05) is 0 Å². The molecule has 1 aliphatic rings. The van der Waals surface area contributed by atoms with E-state index in [-0.39, 0.29) is 0 Å². The van der Waals surface area contributed by atoms with Crippen LogP contribution in [0.5, 0.6) is 0 Å². The lowest BCUT2D eigenvalue weighted by molar-refractivity contribution is 0.140. The van der Waals surface area contributed by atoms with Crippen molar-refractivity contribution in [1.29, 1.82) is 0 Å². The Balaban J connectivity index is 2.44. The minimum absolute atomic E-state index is 0.403. The molecule has 0 amide bonds. The number of hydrogen-bond donors (Lipinski definition) is 1. The van der Waals surface area contributed by atoms with Crippen molar-refractivity contribution in [1.82, 2.24) is 10.2 Å². The van der Waals surface area contributed by atoms with Crippen LogP contribution in [0.15, 0.2) is 0 Å². The lowest BCUT2D eigenvalue weighted by atomic mass is 9.97. The highest BCUT2D eigenvalue weighted by Gasteiger charge is 2.31. The van der Waals surface area contributed by atoms with Crippen molar-refractivity contribution >= 4 is 0 Å². The maximum absolute atomic E-state index is 3.37. The van der Waals surface area contributed by atoms with Crippen LogP contribution < -0.4 is 5.32 Å². The van der Waals surface area contributed by atoms with E-state index in [4.69, 9.17) is 0 Å². The van der Waals surface area contributed by atoms with Crippen molar-refractivity contribution in [3.05, 3.63) is 0 Å². The maximum atomic E-state index is 3.37. The van der Waals surface area contributed by atoms with Crippen LogP contribution in [0.1, 0.15) is 40.0 Å². The van der Waals surface area contributed by atoms with Crippen LogP contribution >= 0.6 is 0 Å². The van der Waals surface area contributed by atoms with Crippen molar-refractivity contribution in [2.45, 2.75) is 51.6 Å². The summed E-state index contributed by atoms with van der Waals surface area (Å²) >= 11 is 0. The summed E-state index contributed by atoms with van der Waals surface area (Å²) in [6, 6.07) is 0.719. The van der Waals surface area contributed by atoms with Gasteiger partial charge in [0.15, 0.2) is 0 Å². The van der Waals surface area contributed by atoms with Gasteiger partial charge in [-0.05, 0) is 33.7 Å². The van der Waals surface area contributed by atoms with Crippen LogP contribution in [0.25, 0.3) is 0 Å². The topological polar surface area (TPSA) is 15.3 Å². The smallest absolute Gasteiger partial charge is 0.0204 e. The molecule has 1 fully saturated rings. The summed E-state index contributed by atoms with van der Waals surface area (Å²) in [6.07, 6.45) is 3.90. The molecule has 1 saturated heterocycles. The van der Waals surface area contributed by atoms with E-state index in [0.717, 1.165) is 6.04 Å². The quantitative estimate of drug-likeness (QED) is 0.717. The molecule has 0 spiro atoms. The molecule has 1 N–H and O–H groups in total. The van der Waals surface area contributed by atoms with Crippen LogP contribution in [-0.2, 0) is 0 Å². The van der Waals surface area contributed by atoms with Gasteiger partial charge < -0.3 is 5.32 Å². The molecule has 13 heavy (non-hydrogen) atoms. The van der Waals surface area contributed by atoms with Crippen LogP contribution in [-0.4, -0.2) is 36.6 Å². The van der Waals surface area contributed by atoms with Gasteiger partial charge in [-0.2, -0.15) is 0 Å². The predicted octanol–water partition coefficient (Wildman–Crippen LogP) is 1.86. The van der Waals surface area contributed by atoms with Gasteiger partial charge in [-0.25, -0.2) is 0 Å². The number of nitrogens with zero attached hydrogens (tertiary/aromatic N) is 1. The first-order valence-electron chi connectivity index (χ1n) is 5.52. The minimum atomic E-state index is 0.403. The normalized spacial score (nSPS) is 25.4. The third kappa shape index (κ3) is 2.68. The summed E-state index contributed by atoms with van der Waals surface area (Å²) in [6.45, 7) is 9.50. The van der Waals surface area contributed by atoms with Crippen molar-refractivity contribution in [3.63, 3.8) is 0 Å². The van der Waals surface area contributed by atoms with Gasteiger partial charge in [0.05, 0.1) is 0 Å². The predicted molar refractivity (Wildman–Crippen MR) is 58.0 cm³/mol. The molecule has 0 saturated carbocycles. The van der Waals surface area contributed by atoms with Gasteiger partial charge in [0.1, 0.15) is 0 Å². The zero-order valence-corrected chi connectivity index (χ0v) is 9.56. The summed E-state index contributed by atoms with van der Waals surface area (Å²) in [4.78, 5) is 2.62. The van der Waals surface area contributed by atoms with E-state index < -0.39 is 0 Å². The molecule has 1 unspecified atom stereocenters. The first-order chi connectivity index (χ1) is 6.10. The molecule has 0 radical (unpaired) electrons. The van der Waals surface area contributed by atoms with E-state index in [1.54, 1.807) is 0 Å². The van der Waals surface area contributed by atoms with E-state index >= 15 is 0 Å². The van der Waals surface area contributed by atoms with E-state index in [1.165, 1.54) is 32.4 Å². The lowest BCUT2D eigenvalue weighted by Gasteiger charge is -2.35. The van der Waals surface area contributed by atoms with Gasteiger partial charge in [-0.15, -0.1) is 0 Å². The number of likely N-dealkylation sites (N-methyl/N-ethyl adjacent to an activating group) is 1. The second-order valence-corrected chi connectivity index (χ2v) is 4.78. The Morgan fingerprint density at radius 1 is 1.46 bits per heavy atom. The summed E-state index contributed by atoms with van der Waals surface area (Å²) < 4.78 is 0. The first-order valence-corrected chi connectivity index (χ1v) is 5.52. The highest BCUT2D eigenvalue weighted by atomic mass is 15.2. The Labute approximate surface area is 82.7 Å². The molecule has 1 aliphatic heterocycles. The molecule has 78 valence electrons. The minimum Gasteiger partial charge on any atom is -0.316 e. The molecule has 0 aromatic rings. The number of likely N-dealkylation sites (tertiary alicyclic amines) is 1. The molecule has 1 heterocycles. The van der Waals surface area contributed by atoms with Crippen LogP contribution in [0, 0.1) is 0 Å². The fraction of sp³-hybridized carbons (Fsp3) is 1.00. The summed E-state index contributed by atoms with van der Waals surface area (Å²) in [5.41, 5.74) is 0.403. The zero-order chi connectivity index (χ0) is 9.90. The van der Waals surface area contributed by atoms with E-state index in [9.17, 15) is 0 Å². The molecule has 2 nitrogen and oxygen atoms in total. The number of nitrogens with one attached hydrogen (secondary N) is 1. The maximum Gasteiger partial charge on any atom is 0.0204 e. The SMILES string of the molecule is CCCC(C)(C)N1CCC(NC)C1. The second kappa shape index (κ2) is 4.43. The molecule has 1 rings (SSSR count). The summed E-state index contributed by atoms with van der Waals surface area (Å²) in [5, 5.41) is 3.37. The van der Waals surface area contributed by atoms with Crippen molar-refractivity contribution in [3.8, 4) is 0 Å². The third-order valence-corrected chi connectivity index (χ3v) is 3.31. The first kappa shape index (κ1) is 11.0. The molecule has 0 bridgehead atoms. The van der Waals surface area contributed by atoms with Gasteiger partial charge in [0.2, 0.25) is 0 Å². The monoisotopic (exact) mass is 184 g/mol. The number of rotatable bonds is 4. The Morgan fingerprint density at radius 2 is 2.15 bits per heavy atom. The standard InChI is InChI=1S/C11H24N2/c1-5-7-11(2,3)13-8-6-10(9-13)12-4/h10,12H,5-9H2,1-4H3. The fourth-order valence-corrected chi connectivity index (χ4v) is 2.32. The van der Waals surface area contributed by atoms with Gasteiger partial charge >= 0.3 is 0 Å². The summed E-state index contributed by atoms with van der Waals surface area (Å²) in [7, 11) is 2.07. The Bertz CT molecular complexity index is 154. The second-order valence-electron chi connectivity index (χ2n) is 4.78. The Morgan fingerprint density at radius 3 is 2.62 bits per heavy atom. The van der Waals surface area contributed by atoms with Crippen LogP contribution in [0.3, 0.4) is 0 Å². The van der Waals surface area contributed by atoms with E-state index in [2.05, 4.69) is 38.0 Å². The van der Waals surface area contributed by atoms with Crippen LogP contribution in [0.2, 0.25) is 0 Å². The fourth-order valence-electron chi connectivity index (χ4n) is 2.32. The molecule has 1 atom stereocenters. The highest BCUT2D eigenvalue weighted by molar-refractivity contribution is 4.89. The summed E-state index contributed by atoms with van der Waals surface area (Å²) in [5.74, 6) is 0. The highest BCUT2D eigenvalue weighted by Crippen LogP contribution is 2.25. The average Bonchev–Trinajstić information content (AvgIpc) is 2.52. The molecule has 0 aromatic carbocycles. The Hall–Kier alpha value is -0.0800. The molecule has 2 heteroatoms. The van der Waals surface area contributed by atoms with Gasteiger partial charge in [-0.1, -0.05) is 13.3 Å². The van der Waals surface area contributed by atoms with Gasteiger partial charge in [0, 0.05) is 24.7 Å². The molecule has 0 aliphatic carbocycles. The number of hydrogen-bond acceptors (Lipinski definition) is 2. The lowest BCUT2D eigenvalue weighted by Crippen LogP contribution is -2.43. The molecular formula is C11H24N2. The molecular weight excluding hydrogens is 160 g/mol. The molecule has 0 aromatic heterocycles.